The van der Waals surface area contributed by atoms with Gasteiger partial charge in [0.2, 0.25) is 0 Å². The van der Waals surface area contributed by atoms with E-state index in [-0.39, 0.29) is 11.2 Å². The van der Waals surface area contributed by atoms with Crippen LogP contribution >= 0.6 is 0 Å². The van der Waals surface area contributed by atoms with Crippen molar-refractivity contribution in [3.05, 3.63) is 95.6 Å². The smallest absolute Gasteiger partial charge is 0.185 e. The molecule has 0 amide bonds. The number of benzene rings is 3. The second-order valence-corrected chi connectivity index (χ2v) is 8.44. The highest BCUT2D eigenvalue weighted by molar-refractivity contribution is 6.07. The zero-order chi connectivity index (χ0) is 21.7. The number of rotatable bonds is 6. The minimum atomic E-state index is -0.0840. The van der Waals surface area contributed by atoms with Crippen molar-refractivity contribution in [1.29, 1.82) is 0 Å². The fraction of sp³-hybridized carbons (Fsp3) is 0.222. The van der Waals surface area contributed by atoms with E-state index in [4.69, 9.17) is 14.2 Å². The average Bonchev–Trinajstić information content (AvgIpc) is 2.95. The molecule has 0 aliphatic carbocycles. The Morgan fingerprint density at radius 1 is 0.935 bits per heavy atom. The standard InChI is InChI=1S/C27H26O4/c1-27(2)18-30-25-15-11-22(16-26(25)31-19-27)24(28)14-10-20-8-12-23(13-9-20)29-17-21-6-4-3-5-7-21/h3-16H,17-19H2,1-2H3/b14-10+. The molecule has 0 saturated carbocycles. The summed E-state index contributed by atoms with van der Waals surface area (Å²) in [5, 5.41) is 0. The number of ketones is 1. The highest BCUT2D eigenvalue weighted by Gasteiger charge is 2.25. The van der Waals surface area contributed by atoms with E-state index in [2.05, 4.69) is 13.8 Å². The van der Waals surface area contributed by atoms with Crippen LogP contribution in [-0.4, -0.2) is 19.0 Å². The van der Waals surface area contributed by atoms with Gasteiger partial charge in [0.25, 0.3) is 0 Å². The lowest BCUT2D eigenvalue weighted by Crippen LogP contribution is -2.26. The van der Waals surface area contributed by atoms with Gasteiger partial charge in [-0.25, -0.2) is 0 Å². The van der Waals surface area contributed by atoms with E-state index in [0.29, 0.717) is 36.9 Å². The number of hydrogen-bond acceptors (Lipinski definition) is 4. The Labute approximate surface area is 183 Å². The van der Waals surface area contributed by atoms with Gasteiger partial charge < -0.3 is 14.2 Å². The molecule has 1 aliphatic heterocycles. The highest BCUT2D eigenvalue weighted by atomic mass is 16.5. The average molecular weight is 415 g/mol. The lowest BCUT2D eigenvalue weighted by molar-refractivity contribution is 0.104. The summed E-state index contributed by atoms with van der Waals surface area (Å²) in [7, 11) is 0. The van der Waals surface area contributed by atoms with Crippen LogP contribution in [0.25, 0.3) is 6.08 Å². The first-order valence-electron chi connectivity index (χ1n) is 10.4. The predicted octanol–water partition coefficient (Wildman–Crippen LogP) is 5.96. The van der Waals surface area contributed by atoms with Gasteiger partial charge in [0, 0.05) is 11.0 Å². The molecule has 0 atom stereocenters. The summed E-state index contributed by atoms with van der Waals surface area (Å²) in [6.45, 7) is 5.83. The first-order chi connectivity index (χ1) is 15.0. The molecule has 1 heterocycles. The molecule has 0 unspecified atom stereocenters. The van der Waals surface area contributed by atoms with Crippen molar-refractivity contribution in [2.75, 3.05) is 13.2 Å². The first-order valence-corrected chi connectivity index (χ1v) is 10.4. The summed E-state index contributed by atoms with van der Waals surface area (Å²) in [6, 6.07) is 23.0. The third kappa shape index (κ3) is 5.54. The molecule has 0 spiro atoms. The van der Waals surface area contributed by atoms with Crippen molar-refractivity contribution in [2.45, 2.75) is 20.5 Å². The predicted molar refractivity (Wildman–Crippen MR) is 122 cm³/mol. The Morgan fingerprint density at radius 2 is 1.65 bits per heavy atom. The molecule has 0 N–H and O–H groups in total. The van der Waals surface area contributed by atoms with Gasteiger partial charge in [-0.3, -0.25) is 4.79 Å². The van der Waals surface area contributed by atoms with Crippen molar-refractivity contribution in [3.8, 4) is 17.2 Å². The molecule has 4 rings (SSSR count). The van der Waals surface area contributed by atoms with E-state index in [1.54, 1.807) is 30.4 Å². The lowest BCUT2D eigenvalue weighted by Gasteiger charge is -2.19. The van der Waals surface area contributed by atoms with Gasteiger partial charge in [-0.05, 0) is 47.5 Å². The van der Waals surface area contributed by atoms with Crippen molar-refractivity contribution >= 4 is 11.9 Å². The minimum absolute atomic E-state index is 0.0694. The van der Waals surface area contributed by atoms with Crippen LogP contribution in [0.15, 0.2) is 78.9 Å². The van der Waals surface area contributed by atoms with E-state index in [0.717, 1.165) is 16.9 Å². The molecule has 4 nitrogen and oxygen atoms in total. The fourth-order valence-corrected chi connectivity index (χ4v) is 3.17. The molecule has 158 valence electrons. The second-order valence-electron chi connectivity index (χ2n) is 8.44. The summed E-state index contributed by atoms with van der Waals surface area (Å²) in [6.07, 6.45) is 3.37. The number of carbonyl (C=O) groups excluding carboxylic acids is 1. The summed E-state index contributed by atoms with van der Waals surface area (Å²) in [5.41, 5.74) is 2.55. The highest BCUT2D eigenvalue weighted by Crippen LogP contribution is 2.34. The van der Waals surface area contributed by atoms with E-state index < -0.39 is 0 Å². The SMILES string of the molecule is CC1(C)COc2ccc(C(=O)/C=C/c3ccc(OCc4ccccc4)cc3)cc2OC1. The normalized spacial score (nSPS) is 14.8. The quantitative estimate of drug-likeness (QED) is 0.369. The monoisotopic (exact) mass is 414 g/mol. The van der Waals surface area contributed by atoms with Gasteiger partial charge in [-0.1, -0.05) is 62.4 Å². The van der Waals surface area contributed by atoms with Crippen LogP contribution in [0.5, 0.6) is 17.2 Å². The van der Waals surface area contributed by atoms with Crippen LogP contribution in [0.1, 0.15) is 35.3 Å². The lowest BCUT2D eigenvalue weighted by atomic mass is 9.97. The minimum Gasteiger partial charge on any atom is -0.489 e. The molecule has 0 fully saturated rings. The van der Waals surface area contributed by atoms with Crippen LogP contribution in [0.4, 0.5) is 0 Å². The van der Waals surface area contributed by atoms with Crippen LogP contribution in [0, 0.1) is 5.41 Å². The summed E-state index contributed by atoms with van der Waals surface area (Å²) < 4.78 is 17.5. The van der Waals surface area contributed by atoms with Gasteiger partial charge in [-0.2, -0.15) is 0 Å². The Bertz CT molecular complexity index is 1070. The topological polar surface area (TPSA) is 44.8 Å². The number of fused-ring (bicyclic) bond motifs is 1. The third-order valence-corrected chi connectivity index (χ3v) is 5.02. The molecule has 4 heteroatoms. The zero-order valence-corrected chi connectivity index (χ0v) is 17.8. The van der Waals surface area contributed by atoms with Crippen LogP contribution in [0.3, 0.4) is 0 Å². The maximum atomic E-state index is 12.6. The molecule has 3 aromatic carbocycles. The Morgan fingerprint density at radius 3 is 2.39 bits per heavy atom. The molecular weight excluding hydrogens is 388 g/mol. The van der Waals surface area contributed by atoms with Crippen molar-refractivity contribution in [2.24, 2.45) is 5.41 Å². The third-order valence-electron chi connectivity index (χ3n) is 5.02. The van der Waals surface area contributed by atoms with Crippen LogP contribution in [-0.2, 0) is 6.61 Å². The van der Waals surface area contributed by atoms with Gasteiger partial charge in [0.05, 0.1) is 13.2 Å². The van der Waals surface area contributed by atoms with E-state index >= 15 is 0 Å². The Kier molecular flexibility index (Phi) is 6.08. The molecule has 0 radical (unpaired) electrons. The van der Waals surface area contributed by atoms with E-state index in [1.165, 1.54) is 0 Å². The van der Waals surface area contributed by atoms with Crippen LogP contribution in [0.2, 0.25) is 0 Å². The largest absolute Gasteiger partial charge is 0.489 e. The van der Waals surface area contributed by atoms with Crippen molar-refractivity contribution < 1.29 is 19.0 Å². The maximum absolute atomic E-state index is 12.6. The molecule has 1 aliphatic rings. The van der Waals surface area contributed by atoms with Gasteiger partial charge in [-0.15, -0.1) is 0 Å². The first kappa shape index (κ1) is 20.7. The molecule has 0 aromatic heterocycles. The second kappa shape index (κ2) is 9.09. The Hall–Kier alpha value is -3.53. The van der Waals surface area contributed by atoms with E-state index in [1.807, 2.05) is 54.6 Å². The Balaban J connectivity index is 1.37. The zero-order valence-electron chi connectivity index (χ0n) is 17.8. The number of allylic oxidation sites excluding steroid dienone is 1. The molecule has 0 saturated heterocycles. The fourth-order valence-electron chi connectivity index (χ4n) is 3.17. The summed E-state index contributed by atoms with van der Waals surface area (Å²) >= 11 is 0. The molecule has 3 aromatic rings. The summed E-state index contributed by atoms with van der Waals surface area (Å²) in [5.74, 6) is 2.00. The molecule has 0 bridgehead atoms. The van der Waals surface area contributed by atoms with Crippen molar-refractivity contribution in [1.82, 2.24) is 0 Å². The van der Waals surface area contributed by atoms with Crippen LogP contribution < -0.4 is 14.2 Å². The number of hydrogen-bond donors (Lipinski definition) is 0. The number of carbonyl (C=O) groups is 1. The molecule has 31 heavy (non-hydrogen) atoms. The molecular formula is C27H26O4. The van der Waals surface area contributed by atoms with Gasteiger partial charge >= 0.3 is 0 Å². The van der Waals surface area contributed by atoms with E-state index in [9.17, 15) is 4.79 Å². The van der Waals surface area contributed by atoms with Crippen molar-refractivity contribution in [3.63, 3.8) is 0 Å². The number of ether oxygens (including phenoxy) is 3. The van der Waals surface area contributed by atoms with Gasteiger partial charge in [0.1, 0.15) is 12.4 Å². The summed E-state index contributed by atoms with van der Waals surface area (Å²) in [4.78, 5) is 12.6. The van der Waals surface area contributed by atoms with Gasteiger partial charge in [0.15, 0.2) is 17.3 Å². The maximum Gasteiger partial charge on any atom is 0.185 e.